The molecule has 48 heavy (non-hydrogen) atoms. The highest BCUT2D eigenvalue weighted by Gasteiger charge is 2.34. The summed E-state index contributed by atoms with van der Waals surface area (Å²) in [5.41, 5.74) is 1.45. The number of aromatic carboxylic acids is 1. The van der Waals surface area contributed by atoms with Crippen LogP contribution in [0.1, 0.15) is 53.1 Å². The van der Waals surface area contributed by atoms with Crippen LogP contribution >= 0.6 is 0 Å². The van der Waals surface area contributed by atoms with Crippen molar-refractivity contribution in [2.45, 2.75) is 38.2 Å². The summed E-state index contributed by atoms with van der Waals surface area (Å²) in [5.74, 6) is -0.632. The van der Waals surface area contributed by atoms with Gasteiger partial charge in [0.1, 0.15) is 31.3 Å². The molecule has 0 bridgehead atoms. The Morgan fingerprint density at radius 1 is 0.938 bits per heavy atom. The molecule has 2 heterocycles. The number of nitrogens with zero attached hydrogens (tertiary/aromatic N) is 2. The monoisotopic (exact) mass is 658 g/mol. The first kappa shape index (κ1) is 34.0. The summed E-state index contributed by atoms with van der Waals surface area (Å²) in [7, 11) is 0. The van der Waals surface area contributed by atoms with Gasteiger partial charge < -0.3 is 43.6 Å². The predicted molar refractivity (Wildman–Crippen MR) is 173 cm³/mol. The Kier molecular flexibility index (Phi) is 12.0. The Morgan fingerprint density at radius 3 is 2.56 bits per heavy atom. The number of para-hydroxylation sites is 1. The summed E-state index contributed by atoms with van der Waals surface area (Å²) in [4.78, 5) is 26.4. The van der Waals surface area contributed by atoms with Gasteiger partial charge in [0, 0.05) is 35.9 Å². The first-order valence-corrected chi connectivity index (χ1v) is 15.6. The number of phenolic OH excluding ortho intramolecular Hbond substituents is 1. The van der Waals surface area contributed by atoms with E-state index in [1.54, 1.807) is 36.8 Å². The van der Waals surface area contributed by atoms with Crippen molar-refractivity contribution >= 4 is 11.9 Å². The van der Waals surface area contributed by atoms with Crippen LogP contribution in [-0.2, 0) is 20.8 Å². The molecule has 1 fully saturated rings. The zero-order chi connectivity index (χ0) is 33.7. The number of hydrogen-bond donors (Lipinski definition) is 3. The van der Waals surface area contributed by atoms with Gasteiger partial charge in [-0.25, -0.2) is 9.78 Å². The van der Waals surface area contributed by atoms with E-state index in [0.29, 0.717) is 55.4 Å². The third kappa shape index (κ3) is 9.60. The average molecular weight is 659 g/mol. The summed E-state index contributed by atoms with van der Waals surface area (Å²) in [6.45, 7) is 1.54. The molecule has 12 heteroatoms. The van der Waals surface area contributed by atoms with E-state index in [4.69, 9.17) is 28.8 Å². The number of benzene rings is 3. The van der Waals surface area contributed by atoms with Crippen LogP contribution < -0.4 is 14.2 Å². The number of hydrogen-bond acceptors (Lipinski definition) is 9. The standard InChI is InChI=1S/C36H38N2O10/c39-30-11-5-4-10-29(30)34-27(7-2-1-3-12-33(40)41)23-47-36(48-34)26-8-6-9-28(21-26)44-19-20-46-32-22-25(35(42)43)13-14-31(32)45-18-17-38-16-15-37-24-38/h1-2,4-6,8-11,13-16,21-22,24,27,34,36,39H,3,7,12,17-20,23H2,(H,40,41)(H,42,43)/b2-1-/t27-,34+,36+/m1/s1. The molecular weight excluding hydrogens is 620 g/mol. The van der Waals surface area contributed by atoms with E-state index in [2.05, 4.69) is 4.98 Å². The van der Waals surface area contributed by atoms with Crippen molar-refractivity contribution in [3.05, 3.63) is 114 Å². The Balaban J connectivity index is 1.19. The molecule has 0 saturated carbocycles. The Morgan fingerprint density at radius 2 is 1.77 bits per heavy atom. The van der Waals surface area contributed by atoms with Crippen LogP contribution in [0.2, 0.25) is 0 Å². The van der Waals surface area contributed by atoms with Gasteiger partial charge in [0.25, 0.3) is 0 Å². The highest BCUT2D eigenvalue weighted by atomic mass is 16.7. The number of phenols is 1. The van der Waals surface area contributed by atoms with Crippen molar-refractivity contribution in [1.29, 1.82) is 0 Å². The predicted octanol–water partition coefficient (Wildman–Crippen LogP) is 6.04. The van der Waals surface area contributed by atoms with Crippen molar-refractivity contribution in [3.63, 3.8) is 0 Å². The smallest absolute Gasteiger partial charge is 0.335 e. The van der Waals surface area contributed by atoms with Crippen LogP contribution in [-0.4, -0.2) is 63.2 Å². The van der Waals surface area contributed by atoms with Crippen molar-refractivity contribution in [2.75, 3.05) is 26.4 Å². The van der Waals surface area contributed by atoms with Gasteiger partial charge in [-0.15, -0.1) is 0 Å². The van der Waals surface area contributed by atoms with Crippen LogP contribution in [0.5, 0.6) is 23.0 Å². The quantitative estimate of drug-likeness (QED) is 0.0897. The number of carbonyl (C=O) groups is 2. The fraction of sp³-hybridized carbons (Fsp3) is 0.306. The summed E-state index contributed by atoms with van der Waals surface area (Å²) in [6, 6.07) is 18.8. The molecule has 0 amide bonds. The van der Waals surface area contributed by atoms with Crippen LogP contribution in [0.3, 0.4) is 0 Å². The Bertz CT molecular complexity index is 1670. The van der Waals surface area contributed by atoms with E-state index < -0.39 is 24.3 Å². The highest BCUT2D eigenvalue weighted by Crippen LogP contribution is 2.43. The SMILES string of the molecule is O=C(O)CC/C=C\C[C@@H]1CO[C@H](c2cccc(OCCOc3cc(C(=O)O)ccc3OCCn3ccnc3)c2)O[C@@H]1c1ccccc1O. The van der Waals surface area contributed by atoms with Crippen LogP contribution in [0.25, 0.3) is 0 Å². The van der Waals surface area contributed by atoms with Gasteiger partial charge in [-0.1, -0.05) is 42.5 Å². The molecule has 3 aromatic carbocycles. The topological polar surface area (TPSA) is 159 Å². The lowest BCUT2D eigenvalue weighted by molar-refractivity contribution is -0.244. The second-order valence-electron chi connectivity index (χ2n) is 11.1. The minimum absolute atomic E-state index is 0.0601. The normalized spacial score (nSPS) is 17.6. The van der Waals surface area contributed by atoms with Crippen LogP contribution in [0, 0.1) is 5.92 Å². The average Bonchev–Trinajstić information content (AvgIpc) is 3.61. The number of ether oxygens (including phenoxy) is 5. The number of imidazole rings is 1. The van der Waals surface area contributed by atoms with Crippen molar-refractivity contribution < 1.29 is 48.6 Å². The van der Waals surface area contributed by atoms with Gasteiger partial charge in [-0.05, 0) is 49.2 Å². The van der Waals surface area contributed by atoms with Gasteiger partial charge in [0.2, 0.25) is 0 Å². The minimum atomic E-state index is -1.08. The van der Waals surface area contributed by atoms with Crippen LogP contribution in [0.15, 0.2) is 97.6 Å². The maximum Gasteiger partial charge on any atom is 0.335 e. The number of carboxylic acids is 2. The molecule has 0 spiro atoms. The van der Waals surface area contributed by atoms with E-state index in [-0.39, 0.29) is 36.9 Å². The molecular formula is C36H38N2O10. The summed E-state index contributed by atoms with van der Waals surface area (Å²) in [5, 5.41) is 29.0. The molecule has 0 unspecified atom stereocenters. The molecule has 1 saturated heterocycles. The lowest BCUT2D eigenvalue weighted by Gasteiger charge is -2.37. The second kappa shape index (κ2) is 17.0. The summed E-state index contributed by atoms with van der Waals surface area (Å²) < 4.78 is 32.1. The lowest BCUT2D eigenvalue weighted by Crippen LogP contribution is -2.30. The van der Waals surface area contributed by atoms with E-state index >= 15 is 0 Å². The van der Waals surface area contributed by atoms with E-state index in [9.17, 15) is 19.8 Å². The number of aromatic hydroxyl groups is 1. The van der Waals surface area contributed by atoms with E-state index in [1.165, 1.54) is 12.1 Å². The van der Waals surface area contributed by atoms with Crippen molar-refractivity contribution in [1.82, 2.24) is 9.55 Å². The van der Waals surface area contributed by atoms with Gasteiger partial charge in [0.15, 0.2) is 17.8 Å². The van der Waals surface area contributed by atoms with E-state index in [1.807, 2.05) is 53.2 Å². The van der Waals surface area contributed by atoms with Gasteiger partial charge in [-0.3, -0.25) is 4.79 Å². The molecule has 0 aliphatic carbocycles. The summed E-state index contributed by atoms with van der Waals surface area (Å²) >= 11 is 0. The van der Waals surface area contributed by atoms with Gasteiger partial charge >= 0.3 is 11.9 Å². The number of aliphatic carboxylic acids is 1. The molecule has 3 N–H and O–H groups in total. The minimum Gasteiger partial charge on any atom is -0.508 e. The number of rotatable bonds is 17. The third-order valence-corrected chi connectivity index (χ3v) is 7.63. The van der Waals surface area contributed by atoms with Crippen LogP contribution in [0.4, 0.5) is 0 Å². The molecule has 252 valence electrons. The maximum absolute atomic E-state index is 11.6. The van der Waals surface area contributed by atoms with Gasteiger partial charge in [-0.2, -0.15) is 0 Å². The van der Waals surface area contributed by atoms with Crippen molar-refractivity contribution in [2.24, 2.45) is 5.92 Å². The first-order valence-electron chi connectivity index (χ1n) is 15.6. The Labute approximate surface area is 277 Å². The zero-order valence-corrected chi connectivity index (χ0v) is 26.2. The molecule has 5 rings (SSSR count). The largest absolute Gasteiger partial charge is 0.508 e. The Hall–Kier alpha value is -5.33. The lowest BCUT2D eigenvalue weighted by atomic mass is 9.91. The molecule has 1 aliphatic rings. The molecule has 4 aromatic rings. The molecule has 0 radical (unpaired) electrons. The molecule has 1 aliphatic heterocycles. The maximum atomic E-state index is 11.6. The third-order valence-electron chi connectivity index (χ3n) is 7.63. The zero-order valence-electron chi connectivity index (χ0n) is 26.2. The first-order chi connectivity index (χ1) is 23.4. The number of allylic oxidation sites excluding steroid dienone is 2. The number of aromatic nitrogens is 2. The number of carboxylic acid groups (broad SMARTS) is 2. The van der Waals surface area contributed by atoms with Gasteiger partial charge in [0.05, 0.1) is 31.1 Å². The molecule has 3 atom stereocenters. The highest BCUT2D eigenvalue weighted by molar-refractivity contribution is 5.88. The fourth-order valence-electron chi connectivity index (χ4n) is 5.21. The second-order valence-corrected chi connectivity index (χ2v) is 11.1. The summed E-state index contributed by atoms with van der Waals surface area (Å²) in [6.07, 6.45) is 8.85. The van der Waals surface area contributed by atoms with Crippen molar-refractivity contribution in [3.8, 4) is 23.0 Å². The molecule has 12 nitrogen and oxygen atoms in total. The molecule has 1 aromatic heterocycles. The fourth-order valence-corrected chi connectivity index (χ4v) is 5.21. The van der Waals surface area contributed by atoms with E-state index in [0.717, 1.165) is 5.56 Å².